The van der Waals surface area contributed by atoms with Gasteiger partial charge in [-0.05, 0) is 35.7 Å². The maximum absolute atomic E-state index is 12.4. The van der Waals surface area contributed by atoms with Crippen molar-refractivity contribution in [1.82, 2.24) is 10.6 Å². The first-order chi connectivity index (χ1) is 12.0. The van der Waals surface area contributed by atoms with E-state index in [1.807, 2.05) is 26.0 Å². The first-order valence-corrected chi connectivity index (χ1v) is 8.22. The summed E-state index contributed by atoms with van der Waals surface area (Å²) in [7, 11) is 1.59. The molecule has 1 heterocycles. The number of rotatable bonds is 8. The maximum atomic E-state index is 12.4. The van der Waals surface area contributed by atoms with Crippen molar-refractivity contribution >= 4 is 11.8 Å². The number of amides is 2. The van der Waals surface area contributed by atoms with Crippen molar-refractivity contribution in [3.05, 3.63) is 54.0 Å². The molecule has 134 valence electrons. The molecular formula is C19H24N2O4. The highest BCUT2D eigenvalue weighted by Gasteiger charge is 2.24. The molecule has 0 spiro atoms. The lowest BCUT2D eigenvalue weighted by molar-refractivity contribution is -0.129. The van der Waals surface area contributed by atoms with Crippen LogP contribution in [0, 0.1) is 5.92 Å². The molecule has 6 nitrogen and oxygen atoms in total. The van der Waals surface area contributed by atoms with E-state index in [4.69, 9.17) is 9.15 Å². The Balaban J connectivity index is 1.90. The summed E-state index contributed by atoms with van der Waals surface area (Å²) < 4.78 is 10.3. The van der Waals surface area contributed by atoms with Crippen LogP contribution in [0.1, 0.15) is 25.2 Å². The molecule has 1 aromatic carbocycles. The molecule has 0 unspecified atom stereocenters. The number of hydrogen-bond acceptors (Lipinski definition) is 4. The summed E-state index contributed by atoms with van der Waals surface area (Å²) in [5, 5.41) is 5.60. The standard InChI is InChI=1S/C19H24N2O4/c1-13(2)18(19(23)20-12-16-5-4-10-25-16)21-17(22)11-14-6-8-15(24-3)9-7-14/h4-10,13,18H,11-12H2,1-3H3,(H,20,23)(H,21,22)/t18-/m1/s1. The van der Waals surface area contributed by atoms with E-state index in [2.05, 4.69) is 10.6 Å². The molecule has 0 aliphatic carbocycles. The van der Waals surface area contributed by atoms with Gasteiger partial charge in [-0.3, -0.25) is 9.59 Å². The van der Waals surface area contributed by atoms with Crippen molar-refractivity contribution in [2.24, 2.45) is 5.92 Å². The highest BCUT2D eigenvalue weighted by atomic mass is 16.5. The summed E-state index contributed by atoms with van der Waals surface area (Å²) in [5.41, 5.74) is 0.858. The van der Waals surface area contributed by atoms with Gasteiger partial charge in [0.05, 0.1) is 26.3 Å². The third-order valence-corrected chi connectivity index (χ3v) is 3.81. The second-order valence-corrected chi connectivity index (χ2v) is 6.11. The molecule has 2 aromatic rings. The minimum Gasteiger partial charge on any atom is -0.497 e. The zero-order valence-corrected chi connectivity index (χ0v) is 14.7. The molecular weight excluding hydrogens is 320 g/mol. The van der Waals surface area contributed by atoms with Crippen LogP contribution in [-0.2, 0) is 22.6 Å². The summed E-state index contributed by atoms with van der Waals surface area (Å²) >= 11 is 0. The minimum atomic E-state index is -0.597. The third-order valence-electron chi connectivity index (χ3n) is 3.81. The van der Waals surface area contributed by atoms with Gasteiger partial charge in [-0.25, -0.2) is 0 Å². The normalized spacial score (nSPS) is 11.8. The van der Waals surface area contributed by atoms with Crippen molar-refractivity contribution < 1.29 is 18.7 Å². The van der Waals surface area contributed by atoms with Gasteiger partial charge in [0.1, 0.15) is 17.6 Å². The Bertz CT molecular complexity index is 678. The van der Waals surface area contributed by atoms with E-state index >= 15 is 0 Å². The highest BCUT2D eigenvalue weighted by molar-refractivity contribution is 5.88. The predicted molar refractivity (Wildman–Crippen MR) is 94.0 cm³/mol. The molecule has 0 saturated carbocycles. The van der Waals surface area contributed by atoms with E-state index in [0.717, 1.165) is 11.3 Å². The molecule has 2 amide bonds. The van der Waals surface area contributed by atoms with Crippen molar-refractivity contribution in [3.8, 4) is 5.75 Å². The zero-order chi connectivity index (χ0) is 18.2. The van der Waals surface area contributed by atoms with E-state index in [0.29, 0.717) is 12.3 Å². The summed E-state index contributed by atoms with van der Waals surface area (Å²) in [6.07, 6.45) is 1.76. The van der Waals surface area contributed by atoms with Crippen LogP contribution in [0.5, 0.6) is 5.75 Å². The van der Waals surface area contributed by atoms with Gasteiger partial charge in [0, 0.05) is 0 Å². The monoisotopic (exact) mass is 344 g/mol. The van der Waals surface area contributed by atoms with Crippen LogP contribution < -0.4 is 15.4 Å². The van der Waals surface area contributed by atoms with Gasteiger partial charge in [-0.15, -0.1) is 0 Å². The fourth-order valence-electron chi connectivity index (χ4n) is 2.39. The zero-order valence-electron chi connectivity index (χ0n) is 14.7. The molecule has 1 atom stereocenters. The van der Waals surface area contributed by atoms with E-state index < -0.39 is 6.04 Å². The van der Waals surface area contributed by atoms with Crippen LogP contribution in [0.15, 0.2) is 47.1 Å². The first-order valence-electron chi connectivity index (χ1n) is 8.22. The predicted octanol–water partition coefficient (Wildman–Crippen LogP) is 2.29. The van der Waals surface area contributed by atoms with E-state index in [1.165, 1.54) is 0 Å². The van der Waals surface area contributed by atoms with Crippen molar-refractivity contribution in [3.63, 3.8) is 0 Å². The number of carbonyl (C=O) groups excluding carboxylic acids is 2. The van der Waals surface area contributed by atoms with Crippen molar-refractivity contribution in [2.45, 2.75) is 32.9 Å². The number of carbonyl (C=O) groups is 2. The van der Waals surface area contributed by atoms with Crippen LogP contribution in [0.3, 0.4) is 0 Å². The third kappa shape index (κ3) is 5.67. The maximum Gasteiger partial charge on any atom is 0.243 e. The SMILES string of the molecule is COc1ccc(CC(=O)N[C@@H](C(=O)NCc2ccco2)C(C)C)cc1. The first kappa shape index (κ1) is 18.6. The fraction of sp³-hybridized carbons (Fsp3) is 0.368. The highest BCUT2D eigenvalue weighted by Crippen LogP contribution is 2.12. The molecule has 2 rings (SSSR count). The lowest BCUT2D eigenvalue weighted by Gasteiger charge is -2.21. The molecule has 25 heavy (non-hydrogen) atoms. The van der Waals surface area contributed by atoms with Crippen LogP contribution in [0.4, 0.5) is 0 Å². The Labute approximate surface area is 147 Å². The molecule has 0 fully saturated rings. The summed E-state index contributed by atoms with van der Waals surface area (Å²) in [5.74, 6) is 0.949. The topological polar surface area (TPSA) is 80.6 Å². The van der Waals surface area contributed by atoms with E-state index in [9.17, 15) is 9.59 Å². The molecule has 0 bridgehead atoms. The van der Waals surface area contributed by atoms with Gasteiger partial charge in [0.25, 0.3) is 0 Å². The number of nitrogens with one attached hydrogen (secondary N) is 2. The van der Waals surface area contributed by atoms with Crippen LogP contribution in [-0.4, -0.2) is 25.0 Å². The molecule has 2 N–H and O–H groups in total. The summed E-state index contributed by atoms with van der Waals surface area (Å²) in [6.45, 7) is 4.08. The van der Waals surface area contributed by atoms with Gasteiger partial charge in [-0.1, -0.05) is 26.0 Å². The molecule has 0 saturated heterocycles. The largest absolute Gasteiger partial charge is 0.497 e. The van der Waals surface area contributed by atoms with E-state index in [-0.39, 0.29) is 24.2 Å². The number of ether oxygens (including phenoxy) is 1. The lowest BCUT2D eigenvalue weighted by Crippen LogP contribution is -2.49. The van der Waals surface area contributed by atoms with Crippen LogP contribution >= 0.6 is 0 Å². The quantitative estimate of drug-likeness (QED) is 0.770. The van der Waals surface area contributed by atoms with Gasteiger partial charge in [-0.2, -0.15) is 0 Å². The average Bonchev–Trinajstić information content (AvgIpc) is 3.11. The number of benzene rings is 1. The summed E-state index contributed by atoms with van der Waals surface area (Å²) in [4.78, 5) is 24.6. The van der Waals surface area contributed by atoms with Gasteiger partial charge < -0.3 is 19.8 Å². The lowest BCUT2D eigenvalue weighted by atomic mass is 10.0. The molecule has 1 aromatic heterocycles. The second-order valence-electron chi connectivity index (χ2n) is 6.11. The minimum absolute atomic E-state index is 0.0311. The Hall–Kier alpha value is -2.76. The molecule has 0 aliphatic heterocycles. The number of furan rings is 1. The Morgan fingerprint density at radius 1 is 1.16 bits per heavy atom. The van der Waals surface area contributed by atoms with Gasteiger partial charge in [0.2, 0.25) is 11.8 Å². The van der Waals surface area contributed by atoms with Crippen molar-refractivity contribution in [1.29, 1.82) is 0 Å². The Morgan fingerprint density at radius 2 is 1.88 bits per heavy atom. The second kappa shape index (κ2) is 8.92. The van der Waals surface area contributed by atoms with Crippen LogP contribution in [0.25, 0.3) is 0 Å². The molecule has 6 heteroatoms. The average molecular weight is 344 g/mol. The molecule has 0 aliphatic rings. The van der Waals surface area contributed by atoms with E-state index in [1.54, 1.807) is 37.6 Å². The number of hydrogen-bond donors (Lipinski definition) is 2. The Morgan fingerprint density at radius 3 is 2.44 bits per heavy atom. The fourth-order valence-corrected chi connectivity index (χ4v) is 2.39. The molecule has 0 radical (unpaired) electrons. The van der Waals surface area contributed by atoms with Gasteiger partial charge in [0.15, 0.2) is 0 Å². The smallest absolute Gasteiger partial charge is 0.243 e. The summed E-state index contributed by atoms with van der Waals surface area (Å²) in [6, 6.07) is 10.2. The van der Waals surface area contributed by atoms with Gasteiger partial charge >= 0.3 is 0 Å². The van der Waals surface area contributed by atoms with Crippen LogP contribution in [0.2, 0.25) is 0 Å². The Kier molecular flexibility index (Phi) is 6.62. The number of methoxy groups -OCH3 is 1. The van der Waals surface area contributed by atoms with Crippen molar-refractivity contribution in [2.75, 3.05) is 7.11 Å².